The van der Waals surface area contributed by atoms with Gasteiger partial charge in [0.15, 0.2) is 0 Å². The first kappa shape index (κ1) is 16.8. The Labute approximate surface area is 134 Å². The number of aromatic nitrogens is 2. The van der Waals surface area contributed by atoms with E-state index in [4.69, 9.17) is 11.6 Å². The highest BCUT2D eigenvalue weighted by Crippen LogP contribution is 2.44. The van der Waals surface area contributed by atoms with E-state index in [1.165, 1.54) is 25.0 Å². The highest BCUT2D eigenvalue weighted by atomic mass is 35.5. The maximum absolute atomic E-state index is 6.50. The molecule has 21 heavy (non-hydrogen) atoms. The number of hydrogen-bond acceptors (Lipinski definition) is 2. The minimum absolute atomic E-state index is 0.542. The lowest BCUT2D eigenvalue weighted by Crippen LogP contribution is -2.33. The Bertz CT molecular complexity index is 441. The molecule has 0 aromatic carbocycles. The molecule has 4 heteroatoms. The average Bonchev–Trinajstić information content (AvgIpc) is 2.81. The zero-order valence-electron chi connectivity index (χ0n) is 13.9. The zero-order chi connectivity index (χ0) is 15.4. The summed E-state index contributed by atoms with van der Waals surface area (Å²) >= 11 is 6.50. The maximum Gasteiger partial charge on any atom is 0.0820 e. The van der Waals surface area contributed by atoms with Gasteiger partial charge in [0, 0.05) is 12.5 Å². The van der Waals surface area contributed by atoms with E-state index < -0.39 is 0 Å². The summed E-state index contributed by atoms with van der Waals surface area (Å²) < 4.78 is 2.15. The van der Waals surface area contributed by atoms with Crippen molar-refractivity contribution in [1.82, 2.24) is 15.1 Å². The second kappa shape index (κ2) is 7.64. The van der Waals surface area contributed by atoms with Crippen molar-refractivity contribution in [2.24, 2.45) is 17.8 Å². The molecule has 3 nitrogen and oxygen atoms in total. The Balaban J connectivity index is 2.28. The number of nitrogens with zero attached hydrogens (tertiary/aromatic N) is 2. The number of halogens is 1. The van der Waals surface area contributed by atoms with Crippen LogP contribution in [0, 0.1) is 17.8 Å². The van der Waals surface area contributed by atoms with E-state index >= 15 is 0 Å². The third-order valence-corrected chi connectivity index (χ3v) is 5.35. The second-order valence-electron chi connectivity index (χ2n) is 6.84. The van der Waals surface area contributed by atoms with Gasteiger partial charge in [-0.05, 0) is 57.0 Å². The van der Waals surface area contributed by atoms with Crippen molar-refractivity contribution in [3.8, 4) is 0 Å². The average molecular weight is 312 g/mol. The molecule has 1 aliphatic rings. The molecular weight excluding hydrogens is 282 g/mol. The van der Waals surface area contributed by atoms with Gasteiger partial charge in [0.2, 0.25) is 0 Å². The molecule has 0 amide bonds. The van der Waals surface area contributed by atoms with Gasteiger partial charge in [-0.1, -0.05) is 32.4 Å². The van der Waals surface area contributed by atoms with Crippen molar-refractivity contribution < 1.29 is 0 Å². The summed E-state index contributed by atoms with van der Waals surface area (Å²) in [4.78, 5) is 0. The van der Waals surface area contributed by atoms with Crippen LogP contribution in [-0.2, 0) is 6.54 Å². The van der Waals surface area contributed by atoms with Crippen LogP contribution >= 0.6 is 11.6 Å². The Hall–Kier alpha value is -0.540. The van der Waals surface area contributed by atoms with E-state index in [2.05, 4.69) is 42.9 Å². The molecule has 1 saturated carbocycles. The zero-order valence-corrected chi connectivity index (χ0v) is 14.7. The Kier molecular flexibility index (Phi) is 6.12. The molecule has 1 heterocycles. The van der Waals surface area contributed by atoms with E-state index in [1.807, 2.05) is 6.20 Å². The van der Waals surface area contributed by atoms with E-state index in [1.54, 1.807) is 0 Å². The molecule has 0 aliphatic heterocycles. The number of aryl methyl sites for hydroxylation is 1. The minimum Gasteiger partial charge on any atom is -0.319 e. The predicted molar refractivity (Wildman–Crippen MR) is 89.9 cm³/mol. The normalized spacial score (nSPS) is 26.5. The van der Waals surface area contributed by atoms with Crippen molar-refractivity contribution >= 4 is 11.6 Å². The van der Waals surface area contributed by atoms with Gasteiger partial charge in [0.1, 0.15) is 0 Å². The van der Waals surface area contributed by atoms with Gasteiger partial charge >= 0.3 is 0 Å². The molecular formula is C17H30ClN3. The lowest BCUT2D eigenvalue weighted by atomic mass is 9.69. The predicted octanol–water partition coefficient (Wildman–Crippen LogP) is 4.32. The third-order valence-electron chi connectivity index (χ3n) is 5.06. The quantitative estimate of drug-likeness (QED) is 0.848. The molecule has 1 fully saturated rings. The standard InChI is InChI=1S/C17H30ClN3/c1-5-8-21-17(16(18)11-20-21)15-9-13(12(2)3)6-7-14(15)10-19-4/h11-15,19H,5-10H2,1-4H3. The SMILES string of the molecule is CCCn1ncc(Cl)c1C1CC(C(C)C)CCC1CNC. The molecule has 0 bridgehead atoms. The van der Waals surface area contributed by atoms with Gasteiger partial charge in [0.25, 0.3) is 0 Å². The van der Waals surface area contributed by atoms with Crippen LogP contribution in [0.2, 0.25) is 5.02 Å². The van der Waals surface area contributed by atoms with Crippen molar-refractivity contribution in [2.45, 2.75) is 58.9 Å². The van der Waals surface area contributed by atoms with Crippen LogP contribution in [0.5, 0.6) is 0 Å². The number of nitrogens with one attached hydrogen (secondary N) is 1. The fourth-order valence-corrected chi connectivity index (χ4v) is 4.12. The van der Waals surface area contributed by atoms with E-state index in [9.17, 15) is 0 Å². The molecule has 120 valence electrons. The van der Waals surface area contributed by atoms with E-state index in [-0.39, 0.29) is 0 Å². The van der Waals surface area contributed by atoms with Crippen molar-refractivity contribution in [2.75, 3.05) is 13.6 Å². The van der Waals surface area contributed by atoms with E-state index in [0.29, 0.717) is 11.8 Å². The molecule has 1 aliphatic carbocycles. The molecule has 1 aromatic rings. The second-order valence-corrected chi connectivity index (χ2v) is 7.25. The Morgan fingerprint density at radius 2 is 2.19 bits per heavy atom. The van der Waals surface area contributed by atoms with Crippen LogP contribution < -0.4 is 5.32 Å². The molecule has 0 saturated heterocycles. The third kappa shape index (κ3) is 3.81. The van der Waals surface area contributed by atoms with Crippen LogP contribution in [0.4, 0.5) is 0 Å². The lowest BCUT2D eigenvalue weighted by Gasteiger charge is -2.38. The van der Waals surface area contributed by atoms with Gasteiger partial charge in [-0.25, -0.2) is 0 Å². The summed E-state index contributed by atoms with van der Waals surface area (Å²) in [6, 6.07) is 0. The van der Waals surface area contributed by atoms with Crippen LogP contribution in [0.25, 0.3) is 0 Å². The van der Waals surface area contributed by atoms with Crippen molar-refractivity contribution in [3.05, 3.63) is 16.9 Å². The summed E-state index contributed by atoms with van der Waals surface area (Å²) in [5.41, 5.74) is 1.28. The number of rotatable bonds is 6. The monoisotopic (exact) mass is 311 g/mol. The highest BCUT2D eigenvalue weighted by molar-refractivity contribution is 6.31. The van der Waals surface area contributed by atoms with Gasteiger partial charge in [-0.15, -0.1) is 0 Å². The molecule has 3 atom stereocenters. The lowest BCUT2D eigenvalue weighted by molar-refractivity contribution is 0.186. The van der Waals surface area contributed by atoms with Gasteiger partial charge in [-0.2, -0.15) is 5.10 Å². The largest absolute Gasteiger partial charge is 0.319 e. The first-order chi connectivity index (χ1) is 10.1. The molecule has 3 unspecified atom stereocenters. The summed E-state index contributed by atoms with van der Waals surface area (Å²) in [6.07, 6.45) is 6.82. The fraction of sp³-hybridized carbons (Fsp3) is 0.824. The van der Waals surface area contributed by atoms with Crippen molar-refractivity contribution in [3.63, 3.8) is 0 Å². The van der Waals surface area contributed by atoms with Crippen LogP contribution in [-0.4, -0.2) is 23.4 Å². The molecule has 1 N–H and O–H groups in total. The Morgan fingerprint density at radius 1 is 1.43 bits per heavy atom. The van der Waals surface area contributed by atoms with Crippen LogP contribution in [0.1, 0.15) is 58.1 Å². The van der Waals surface area contributed by atoms with Gasteiger partial charge < -0.3 is 5.32 Å². The summed E-state index contributed by atoms with van der Waals surface area (Å²) in [5.74, 6) is 2.78. The molecule has 0 spiro atoms. The number of hydrogen-bond donors (Lipinski definition) is 1. The topological polar surface area (TPSA) is 29.9 Å². The summed E-state index contributed by atoms with van der Waals surface area (Å²) in [7, 11) is 2.05. The van der Waals surface area contributed by atoms with Crippen LogP contribution in [0.3, 0.4) is 0 Å². The molecule has 2 rings (SSSR count). The fourth-order valence-electron chi connectivity index (χ4n) is 3.84. The van der Waals surface area contributed by atoms with Crippen LogP contribution in [0.15, 0.2) is 6.20 Å². The summed E-state index contributed by atoms with van der Waals surface area (Å²) in [5, 5.41) is 8.74. The first-order valence-corrected chi connectivity index (χ1v) is 8.82. The molecule has 0 radical (unpaired) electrons. The minimum atomic E-state index is 0.542. The summed E-state index contributed by atoms with van der Waals surface area (Å²) in [6.45, 7) is 8.94. The highest BCUT2D eigenvalue weighted by Gasteiger charge is 2.35. The molecule has 1 aromatic heterocycles. The van der Waals surface area contributed by atoms with Gasteiger partial charge in [-0.3, -0.25) is 4.68 Å². The van der Waals surface area contributed by atoms with Crippen molar-refractivity contribution in [1.29, 1.82) is 0 Å². The van der Waals surface area contributed by atoms with E-state index in [0.717, 1.165) is 36.4 Å². The first-order valence-electron chi connectivity index (χ1n) is 8.44. The van der Waals surface area contributed by atoms with Gasteiger partial charge in [0.05, 0.1) is 16.9 Å². The Morgan fingerprint density at radius 3 is 2.81 bits per heavy atom. The maximum atomic E-state index is 6.50. The smallest absolute Gasteiger partial charge is 0.0820 e.